The molecule has 24 atom stereocenters. The van der Waals surface area contributed by atoms with Crippen molar-refractivity contribution in [3.8, 4) is 11.8 Å². The molecule has 5 amide bonds. The van der Waals surface area contributed by atoms with Gasteiger partial charge in [-0.3, -0.25) is 33.1 Å². The first kappa shape index (κ1) is 113. The van der Waals surface area contributed by atoms with Crippen LogP contribution in [0.3, 0.4) is 0 Å². The molecule has 0 spiro atoms. The number of H-pyrrole nitrogens is 1. The van der Waals surface area contributed by atoms with Gasteiger partial charge in [0.15, 0.2) is 23.8 Å². The van der Waals surface area contributed by atoms with Gasteiger partial charge in [-0.15, -0.1) is 85.0 Å². The number of ether oxygens (including phenoxy) is 6. The Morgan fingerprint density at radius 1 is 0.444 bits per heavy atom. The van der Waals surface area contributed by atoms with E-state index in [0.29, 0.717) is 77.4 Å². The Morgan fingerprint density at radius 3 is 1.18 bits per heavy atom. The summed E-state index contributed by atoms with van der Waals surface area (Å²) in [5, 5.41) is 148. The lowest BCUT2D eigenvalue weighted by atomic mass is 9.99. The van der Waals surface area contributed by atoms with Crippen LogP contribution in [0.2, 0.25) is 0 Å². The number of carbonyl (C=O) groups excluding carboxylic acids is 3. The van der Waals surface area contributed by atoms with Gasteiger partial charge in [0.2, 0.25) is 0 Å². The van der Waals surface area contributed by atoms with Gasteiger partial charge in [-0.1, -0.05) is 32.2 Å². The minimum atomic E-state index is -1.31. The van der Waals surface area contributed by atoms with E-state index in [-0.39, 0.29) is 41.0 Å². The summed E-state index contributed by atoms with van der Waals surface area (Å²) in [7, 11) is 2.96. The lowest BCUT2D eigenvalue weighted by Gasteiger charge is -2.33. The van der Waals surface area contributed by atoms with E-state index < -0.39 is 211 Å². The Balaban J connectivity index is 0.000000218. The highest BCUT2D eigenvalue weighted by Crippen LogP contribution is 2.46. The predicted octanol–water partition coefficient (Wildman–Crippen LogP) is -0.282. The second kappa shape index (κ2) is 47.4. The first-order chi connectivity index (χ1) is 61.4. The number of thiocarbonyl (C=S) groups is 1. The largest absolute Gasteiger partial charge is 0.391 e. The van der Waals surface area contributed by atoms with Crippen LogP contribution in [0.5, 0.6) is 0 Å². The lowest BCUT2D eigenvalue weighted by Crippen LogP contribution is -2.47. The van der Waals surface area contributed by atoms with Crippen LogP contribution in [-0.4, -0.2) is 414 Å². The number of aromatic nitrogens is 4. The number of hydrogen-bond acceptors (Lipinski definition) is 28. The number of rotatable bonds is 25. The van der Waals surface area contributed by atoms with Gasteiger partial charge in [0, 0.05) is 91.2 Å². The molecule has 0 bridgehead atoms. The highest BCUT2D eigenvalue weighted by molar-refractivity contribution is 7.80. The van der Waals surface area contributed by atoms with Crippen LogP contribution in [0.15, 0.2) is 134 Å². The van der Waals surface area contributed by atoms with Crippen molar-refractivity contribution in [3.05, 3.63) is 162 Å². The molecule has 20 N–H and O–H groups in total. The fraction of sp³-hybridized carbons (Fsp3) is 0.591. The molecule has 12 heterocycles. The molecule has 0 unspecified atom stereocenters. The maximum atomic E-state index is 12.1. The van der Waals surface area contributed by atoms with Gasteiger partial charge < -0.3 is 137 Å². The number of nitrogens with one attached hydrogen (secondary N) is 7. The SMILES string of the molecule is C=C1NC(=O)C(C#CC)=CN1[C@@H]1O[C@H](CCP(=C)(C)C)[C@@H](O)[C@H]1O.C=C1NC(=O)N(C)C=C1[C@@H]1O[C@H](CCP(=C)(C)C)[C@@H](O)[C@H]1O.C=C1NC(=O)NC=C1[C@@H]1O[C@H](CCP(=C)(C)C)[C@@H](O)[C@H]1O.C=C1NC(=S)NC=C1[C@@H]1O[C@H](CCP(=C)(C)C)[C@@H](O)[C@H]1O.C=P(C)(C)CC[C@H]1O[C@@H](n2cc(CO)c(=O)[nH]c2=O)[C@H](O)[C@@H]1O.C=P(C)(C)CC[C@H]1O[C@@H](n2ccc(=O)n(C)c2=O)[C@H](O)[C@@H]1O. The van der Waals surface area contributed by atoms with Crippen molar-refractivity contribution in [2.75, 3.05) is 124 Å². The molecule has 2 aromatic rings. The average Bonchev–Trinajstić information content (AvgIpc) is 1.68. The van der Waals surface area contributed by atoms with Crippen LogP contribution < -0.4 is 54.4 Å². The van der Waals surface area contributed by atoms with E-state index >= 15 is 0 Å². The molecule has 10 aliphatic rings. The third kappa shape index (κ3) is 31.7. The third-order valence-electron chi connectivity index (χ3n) is 22.9. The van der Waals surface area contributed by atoms with Crippen LogP contribution in [0.4, 0.5) is 9.59 Å². The van der Waals surface area contributed by atoms with E-state index in [1.54, 1.807) is 26.4 Å². The van der Waals surface area contributed by atoms with Crippen LogP contribution in [0.1, 0.15) is 63.5 Å². The molecule has 0 aromatic carbocycles. The van der Waals surface area contributed by atoms with Gasteiger partial charge in [-0.25, -0.2) is 19.2 Å². The Kier molecular flexibility index (Phi) is 40.4. The standard InChI is InChI=1S/C17H25N2O4P.C15H25N2O4P.C14H23N2O6P.C14H23N2O5P.C14H23N2O4P.C14H23N2O3PS/c1-6-7-12-10-19(11(2)18-16(12)22)17-15(21)14(20)13(23-17)8-9-24(3,4)5;1-9-10(8-17(2)15(20)16-9)14-13(19)12(18)11(21-14)6-7-22(3,4)5;1-23(2,3)5-4-9-10(18)11(19)13(22-9)16-6-8(7-17)12(20)15-14(16)21;1-15-10(17)5-7-16(14(15)20)13-12(19)11(18)9(21-13)6-8-22(2,3)4;1-8-9(7-15-14(19)16-8)13-12(18)11(17)10(20-13)5-6-21(2,3)4;1-8-9(7-15-14(21)16-8)13-12(18)11(17)10(19-13)5-6-20(2,3)4/h10,13-15,17,20-21H,2-3,8-9H2,1,4-5H3,(H,18,22);8,11-14,18-19H,1,3,6-7H2,2,4-5H3,(H,16,20);6,9-11,13,17-19H,1,4-5,7H2,2-3H3,(H,15,20,21);5,7,9,11-13,18-19H,2,6,8H2,1,3-4H3;7,10-13,17-18H,1-2,5-6H2,3-4H3,(H2,15,16,19);7,10-13,17-18H,1-2,5-6H2,3-4H3,(H2,15,16,21)/t13-,14-,15-,17-;11-,12-,13-,14+;9-,10-,11-,13-;9-,11-,12-,13-;2*10-,11-,12-,13+/m111111/s1. The van der Waals surface area contributed by atoms with Gasteiger partial charge in [0.05, 0.1) is 48.8 Å². The molecule has 133 heavy (non-hydrogen) atoms. The zero-order chi connectivity index (χ0) is 100. The summed E-state index contributed by atoms with van der Waals surface area (Å²) in [6.07, 6.45) is 21.7. The quantitative estimate of drug-likeness (QED) is 0.0345. The first-order valence-corrected chi connectivity index (χ1v) is 61.8. The highest BCUT2D eigenvalue weighted by Gasteiger charge is 2.51. The molecule has 6 saturated heterocycles. The van der Waals surface area contributed by atoms with Crippen molar-refractivity contribution in [2.24, 2.45) is 7.05 Å². The van der Waals surface area contributed by atoms with Crippen molar-refractivity contribution in [2.45, 2.75) is 199 Å². The van der Waals surface area contributed by atoms with E-state index in [1.165, 1.54) is 41.5 Å². The number of hydrogen-bond donors (Lipinski definition) is 20. The zero-order valence-electron chi connectivity index (χ0n) is 78.6. The molecule has 45 heteroatoms. The van der Waals surface area contributed by atoms with Crippen molar-refractivity contribution >= 4 is 114 Å². The van der Waals surface area contributed by atoms with E-state index in [0.717, 1.165) is 56.9 Å². The normalized spacial score (nSPS) is 31.2. The number of aliphatic hydroxyl groups excluding tert-OH is 13. The summed E-state index contributed by atoms with van der Waals surface area (Å²) in [5.41, 5.74) is 0.909. The molecular formula is C88H142N12O26P6S. The molecule has 12 rings (SSSR count). The van der Waals surface area contributed by atoms with Crippen molar-refractivity contribution in [1.82, 2.24) is 60.4 Å². The lowest BCUT2D eigenvalue weighted by molar-refractivity contribution is -0.119. The van der Waals surface area contributed by atoms with Gasteiger partial charge in [0.1, 0.15) is 103 Å². The van der Waals surface area contributed by atoms with Crippen molar-refractivity contribution < 1.29 is 109 Å². The van der Waals surface area contributed by atoms with Gasteiger partial charge in [-0.05, 0) is 175 Å². The van der Waals surface area contributed by atoms with E-state index in [4.69, 9.17) is 45.7 Å². The molecule has 38 nitrogen and oxygen atoms in total. The van der Waals surface area contributed by atoms with E-state index in [1.807, 2.05) is 0 Å². The zero-order valence-corrected chi connectivity index (χ0v) is 84.8. The number of amides is 5. The van der Waals surface area contributed by atoms with Crippen LogP contribution in [-0.2, 0) is 46.9 Å². The molecule has 0 radical (unpaired) electrons. The second-order valence-corrected chi connectivity index (χ2v) is 64.9. The van der Waals surface area contributed by atoms with Crippen molar-refractivity contribution in [1.29, 1.82) is 0 Å². The Bertz CT molecular complexity index is 5280. The summed E-state index contributed by atoms with van der Waals surface area (Å²) in [6, 6.07) is 0.556. The summed E-state index contributed by atoms with van der Waals surface area (Å²) < 4.78 is 37.8. The maximum Gasteiger partial charge on any atom is 0.332 e. The first-order valence-electron chi connectivity index (χ1n) is 43.1. The fourth-order valence-electron chi connectivity index (χ4n) is 15.1. The number of urea groups is 2. The van der Waals surface area contributed by atoms with E-state index in [9.17, 15) is 94.8 Å². The average molecular weight is 2000 g/mol. The van der Waals surface area contributed by atoms with Crippen molar-refractivity contribution in [3.63, 3.8) is 0 Å². The molecule has 10 aliphatic heterocycles. The number of aromatic amines is 1. The second-order valence-electron chi connectivity index (χ2n) is 38.6. The minimum absolute atomic E-state index is 0.0249. The van der Waals surface area contributed by atoms with E-state index in [2.05, 4.69) is 193 Å². The van der Waals surface area contributed by atoms with Gasteiger partial charge in [-0.2, -0.15) is 0 Å². The summed E-state index contributed by atoms with van der Waals surface area (Å²) >= 11 is 4.99. The maximum absolute atomic E-state index is 12.1. The van der Waals surface area contributed by atoms with Crippen LogP contribution in [0, 0.1) is 11.8 Å². The summed E-state index contributed by atoms with van der Waals surface area (Å²) in [6.45, 7) is 34.1. The van der Waals surface area contributed by atoms with Crippen LogP contribution in [0.25, 0.3) is 0 Å². The third-order valence-corrected chi connectivity index (χ3v) is 32.0. The molecule has 0 aliphatic carbocycles. The smallest absolute Gasteiger partial charge is 0.332 e. The molecular weight excluding hydrogens is 1860 g/mol. The Morgan fingerprint density at radius 2 is 0.797 bits per heavy atom. The summed E-state index contributed by atoms with van der Waals surface area (Å²) in [5.74, 6) is 5.30. The Labute approximate surface area is 783 Å². The molecule has 746 valence electrons. The molecule has 6 fully saturated rings. The van der Waals surface area contributed by atoms with Gasteiger partial charge in [0.25, 0.3) is 17.0 Å². The number of aliphatic hydroxyl groups is 13. The highest BCUT2D eigenvalue weighted by atomic mass is 32.1. The van der Waals surface area contributed by atoms with Crippen LogP contribution >= 0.6 is 53.5 Å². The molecule has 0 saturated carbocycles. The monoisotopic (exact) mass is 2000 g/mol. The topological polar surface area (TPSA) is 547 Å². The predicted molar refractivity (Wildman–Crippen MR) is 539 cm³/mol. The number of nitrogens with zero attached hydrogens (tertiary/aromatic N) is 5. The van der Waals surface area contributed by atoms with Gasteiger partial charge >= 0.3 is 23.4 Å². The number of carbonyl (C=O) groups is 3. The molecule has 2 aromatic heterocycles. The summed E-state index contributed by atoms with van der Waals surface area (Å²) in [4.78, 5) is 86.4. The fourth-order valence-corrected chi connectivity index (χ4v) is 21.0. The Hall–Kier alpha value is -6.62. The minimum Gasteiger partial charge on any atom is -0.391 e.